The molecule has 39 heavy (non-hydrogen) atoms. The summed E-state index contributed by atoms with van der Waals surface area (Å²) in [6.45, 7) is -6.96. The highest BCUT2D eigenvalue weighted by Crippen LogP contribution is 2.51. The van der Waals surface area contributed by atoms with Crippen LogP contribution in [0.4, 0.5) is 28.6 Å². The van der Waals surface area contributed by atoms with Crippen LogP contribution in [-0.4, -0.2) is 22.1 Å². The van der Waals surface area contributed by atoms with E-state index in [2.05, 4.69) is 9.88 Å². The van der Waals surface area contributed by atoms with Gasteiger partial charge in [0.05, 0.1) is 28.4 Å². The van der Waals surface area contributed by atoms with Crippen molar-refractivity contribution >= 4 is 39.5 Å². The number of phenols is 1. The lowest BCUT2D eigenvalue weighted by Crippen LogP contribution is -2.24. The maximum absolute atomic E-state index is 11.5. The van der Waals surface area contributed by atoms with Crippen LogP contribution >= 0.6 is 0 Å². The van der Waals surface area contributed by atoms with Crippen molar-refractivity contribution in [1.29, 1.82) is 0 Å². The van der Waals surface area contributed by atoms with Crippen molar-refractivity contribution in [2.24, 2.45) is 0 Å². The average Bonchev–Trinajstić information content (AvgIpc) is 3.00. The summed E-state index contributed by atoms with van der Waals surface area (Å²) in [4.78, 5) is 13.5. The van der Waals surface area contributed by atoms with Gasteiger partial charge in [0, 0.05) is 36.5 Å². The Bertz CT molecular complexity index is 1990. The van der Waals surface area contributed by atoms with Crippen molar-refractivity contribution < 1.29 is 17.4 Å². The van der Waals surface area contributed by atoms with Gasteiger partial charge in [-0.1, -0.05) is 70.8 Å². The zero-order valence-corrected chi connectivity index (χ0v) is 21.9. The van der Waals surface area contributed by atoms with Crippen molar-refractivity contribution in [1.82, 2.24) is 9.97 Å². The van der Waals surface area contributed by atoms with E-state index >= 15 is 0 Å². The Morgan fingerprint density at radius 3 is 2.31 bits per heavy atom. The lowest BCUT2D eigenvalue weighted by Gasteiger charge is -2.38. The molecule has 0 amide bonds. The first-order valence-electron chi connectivity index (χ1n) is 17.3. The summed E-state index contributed by atoms with van der Waals surface area (Å²) < 4.78 is 75.0. The van der Waals surface area contributed by atoms with Gasteiger partial charge in [0.1, 0.15) is 17.1 Å². The Morgan fingerprint density at radius 1 is 0.846 bits per heavy atom. The highest BCUT2D eigenvalue weighted by Gasteiger charge is 2.29. The number of fused-ring (bicyclic) bond motifs is 3. The Hall–Kier alpha value is -4.38. The largest absolute Gasteiger partial charge is 0.505 e. The molecule has 1 aliphatic heterocycles. The predicted octanol–water partition coefficient (Wildman–Crippen LogP) is 8.97. The van der Waals surface area contributed by atoms with Crippen molar-refractivity contribution in [3.8, 4) is 17.0 Å². The van der Waals surface area contributed by atoms with Gasteiger partial charge in [0.2, 0.25) is 0 Å². The van der Waals surface area contributed by atoms with Crippen molar-refractivity contribution in [2.45, 2.75) is 45.7 Å². The third-order valence-corrected chi connectivity index (χ3v) is 7.24. The number of para-hydroxylation sites is 2. The predicted molar refractivity (Wildman–Crippen MR) is 162 cm³/mol. The first-order chi connectivity index (χ1) is 22.4. The van der Waals surface area contributed by atoms with Crippen LogP contribution in [-0.2, 0) is 5.41 Å². The van der Waals surface area contributed by atoms with Gasteiger partial charge in [-0.15, -0.1) is 0 Å². The highest BCUT2D eigenvalue weighted by atomic mass is 16.3. The Morgan fingerprint density at radius 2 is 1.59 bits per heavy atom. The molecule has 0 aliphatic carbocycles. The summed E-state index contributed by atoms with van der Waals surface area (Å²) in [7, 11) is 1.97. The second-order valence-corrected chi connectivity index (χ2v) is 10.1. The first kappa shape index (κ1) is 16.6. The van der Waals surface area contributed by atoms with Crippen molar-refractivity contribution in [3.63, 3.8) is 0 Å². The highest BCUT2D eigenvalue weighted by molar-refractivity contribution is 5.98. The van der Waals surface area contributed by atoms with E-state index in [0.717, 1.165) is 22.7 Å². The molecule has 3 heterocycles. The maximum atomic E-state index is 11.5. The molecule has 1 N–H and O–H groups in total. The molecular weight excluding hydrogens is 480 g/mol. The molecule has 0 fully saturated rings. The van der Waals surface area contributed by atoms with E-state index < -0.39 is 37.5 Å². The monoisotopic (exact) mass is 523 g/mol. The van der Waals surface area contributed by atoms with Crippen LogP contribution in [0.25, 0.3) is 22.2 Å². The van der Waals surface area contributed by atoms with E-state index in [-0.39, 0.29) is 22.2 Å². The SMILES string of the molecule is [2H]C([2H])([2H])C(c1cc(C(C)C)c(O)c2nc(-c3ccc4c(c3)N(c3ccccn3)c3ccccc3N4C)ccc12)(C([2H])([2H])[2H])C([2H])([2H])[2H]. The fraction of sp³-hybridized carbons (Fsp3) is 0.235. The number of nitrogens with zero attached hydrogens (tertiary/aromatic N) is 4. The third-order valence-electron chi connectivity index (χ3n) is 7.24. The smallest absolute Gasteiger partial charge is 0.145 e. The number of hydrogen-bond donors (Lipinski definition) is 1. The number of aromatic hydroxyl groups is 1. The van der Waals surface area contributed by atoms with Crippen LogP contribution in [0.1, 0.15) is 63.8 Å². The molecule has 0 saturated heterocycles. The minimum atomic E-state index is -3.48. The molecule has 1 aliphatic rings. The van der Waals surface area contributed by atoms with Gasteiger partial charge in [0.25, 0.3) is 0 Å². The van der Waals surface area contributed by atoms with E-state index in [1.165, 1.54) is 12.1 Å². The fourth-order valence-electron chi connectivity index (χ4n) is 5.28. The topological polar surface area (TPSA) is 52.5 Å². The minimum absolute atomic E-state index is 0.0641. The fourth-order valence-corrected chi connectivity index (χ4v) is 5.28. The summed E-state index contributed by atoms with van der Waals surface area (Å²) in [5, 5.41) is 11.4. The summed E-state index contributed by atoms with van der Waals surface area (Å²) in [5.41, 5.74) is 1.05. The van der Waals surface area contributed by atoms with E-state index in [1.54, 1.807) is 26.1 Å². The molecule has 0 unspecified atom stereocenters. The Balaban J connectivity index is 1.62. The maximum Gasteiger partial charge on any atom is 0.145 e. The summed E-state index contributed by atoms with van der Waals surface area (Å²) >= 11 is 0. The molecule has 0 spiro atoms. The standard InChI is InChI=1S/C34H34N4O/c1-21(2)24-20-25(34(3,4)5)23-15-16-26(36-32(23)33(24)39)22-14-17-28-30(19-22)38(31-13-9-10-18-35-31)29-12-8-7-11-27(29)37(28)6/h7-21,39H,1-6H3/i3D3,4D3,5D3. The van der Waals surface area contributed by atoms with Gasteiger partial charge >= 0.3 is 0 Å². The van der Waals surface area contributed by atoms with E-state index in [9.17, 15) is 5.11 Å². The zero-order valence-electron chi connectivity index (χ0n) is 30.9. The molecule has 6 rings (SSSR count). The van der Waals surface area contributed by atoms with E-state index in [1.807, 2.05) is 72.6 Å². The van der Waals surface area contributed by atoms with Crippen LogP contribution < -0.4 is 9.80 Å². The molecule has 0 bridgehead atoms. The molecule has 0 radical (unpaired) electrons. The number of hydrogen-bond acceptors (Lipinski definition) is 5. The number of benzene rings is 3. The normalized spacial score (nSPS) is 17.5. The van der Waals surface area contributed by atoms with Gasteiger partial charge in [-0.2, -0.15) is 0 Å². The average molecular weight is 524 g/mol. The van der Waals surface area contributed by atoms with Gasteiger partial charge in [0.15, 0.2) is 0 Å². The molecular formula is C34H34N4O. The number of anilines is 5. The van der Waals surface area contributed by atoms with Gasteiger partial charge in [-0.25, -0.2) is 9.97 Å². The molecule has 3 aromatic carbocycles. The molecule has 0 atom stereocenters. The lowest BCUT2D eigenvalue weighted by molar-refractivity contribution is 0.469. The van der Waals surface area contributed by atoms with Crippen LogP contribution in [0.5, 0.6) is 5.75 Å². The van der Waals surface area contributed by atoms with Crippen LogP contribution in [0.15, 0.2) is 85.1 Å². The summed E-state index contributed by atoms with van der Waals surface area (Å²) in [5.74, 6) is -0.00244. The lowest BCUT2D eigenvalue weighted by atomic mass is 9.81. The molecule has 2 aromatic heterocycles. The zero-order chi connectivity index (χ0) is 35.0. The van der Waals surface area contributed by atoms with Crippen molar-refractivity contribution in [2.75, 3.05) is 16.8 Å². The summed E-state index contributed by atoms with van der Waals surface area (Å²) in [6, 6.07) is 23.6. The van der Waals surface area contributed by atoms with Crippen LogP contribution in [0, 0.1) is 0 Å². The molecule has 5 aromatic rings. The van der Waals surface area contributed by atoms with E-state index in [0.29, 0.717) is 17.1 Å². The number of phenolic OH excluding ortho intramolecular Hbond substituents is 1. The molecule has 5 heteroatoms. The molecule has 196 valence electrons. The Kier molecular flexibility index (Phi) is 3.87. The number of aromatic nitrogens is 2. The van der Waals surface area contributed by atoms with Crippen molar-refractivity contribution in [3.05, 3.63) is 96.2 Å². The quantitative estimate of drug-likeness (QED) is 0.256. The minimum Gasteiger partial charge on any atom is -0.505 e. The number of pyridine rings is 2. The Labute approximate surface area is 243 Å². The number of rotatable bonds is 3. The van der Waals surface area contributed by atoms with Gasteiger partial charge in [-0.3, -0.25) is 4.90 Å². The van der Waals surface area contributed by atoms with Crippen LogP contribution in [0.3, 0.4) is 0 Å². The second-order valence-electron chi connectivity index (χ2n) is 10.1. The summed E-state index contributed by atoms with van der Waals surface area (Å²) in [6.07, 6.45) is 1.72. The van der Waals surface area contributed by atoms with E-state index in [4.69, 9.17) is 17.3 Å². The van der Waals surface area contributed by atoms with Gasteiger partial charge < -0.3 is 10.0 Å². The third kappa shape index (κ3) is 4.09. The van der Waals surface area contributed by atoms with Crippen LogP contribution in [0.2, 0.25) is 0 Å². The molecule has 5 nitrogen and oxygen atoms in total. The molecule has 0 saturated carbocycles. The van der Waals surface area contributed by atoms with Gasteiger partial charge in [-0.05, 0) is 64.9 Å². The second kappa shape index (κ2) is 9.12. The first-order valence-corrected chi connectivity index (χ1v) is 12.8.